The van der Waals surface area contributed by atoms with Crippen molar-refractivity contribution in [3.05, 3.63) is 60.6 Å². The van der Waals surface area contributed by atoms with Gasteiger partial charge in [-0.2, -0.15) is 8.78 Å². The van der Waals surface area contributed by atoms with Gasteiger partial charge in [-0.1, -0.05) is 0 Å². The molecule has 0 heterocycles. The molecule has 2 aromatic carbocycles. The van der Waals surface area contributed by atoms with E-state index in [9.17, 15) is 8.78 Å². The summed E-state index contributed by atoms with van der Waals surface area (Å²) >= 11 is 0. The minimum Gasteiger partial charge on any atom is -0.497 e. The van der Waals surface area contributed by atoms with E-state index in [1.54, 1.807) is 24.3 Å². The average molecular weight is 308 g/mol. The number of methoxy groups -OCH3 is 2. The number of rotatable bonds is 6. The van der Waals surface area contributed by atoms with Crippen LogP contribution in [0, 0.1) is 0 Å². The molecule has 116 valence electrons. The molecule has 0 fully saturated rings. The maximum Gasteiger partial charge on any atom is 0.352 e. The lowest BCUT2D eigenvalue weighted by atomic mass is 10.3. The van der Waals surface area contributed by atoms with Crippen molar-refractivity contribution in [2.75, 3.05) is 14.2 Å². The summed E-state index contributed by atoms with van der Waals surface area (Å²) in [5.41, 5.74) is 0. The van der Waals surface area contributed by atoms with Gasteiger partial charge in [0.05, 0.1) is 14.2 Å². The lowest BCUT2D eigenvalue weighted by Crippen LogP contribution is -1.99. The Balaban J connectivity index is 2.03. The normalized spacial score (nSPS) is 11.5. The van der Waals surface area contributed by atoms with Crippen LogP contribution in [0.5, 0.6) is 23.0 Å². The molecule has 0 aliphatic rings. The van der Waals surface area contributed by atoms with Crippen molar-refractivity contribution in [3.8, 4) is 23.0 Å². The summed E-state index contributed by atoms with van der Waals surface area (Å²) in [6.07, 6.45) is 0. The van der Waals surface area contributed by atoms with Crippen molar-refractivity contribution < 1.29 is 27.7 Å². The van der Waals surface area contributed by atoms with E-state index in [-0.39, 0.29) is 11.5 Å². The van der Waals surface area contributed by atoms with Gasteiger partial charge in [0, 0.05) is 0 Å². The van der Waals surface area contributed by atoms with E-state index in [1.807, 2.05) is 0 Å². The van der Waals surface area contributed by atoms with Gasteiger partial charge in [0.2, 0.25) is 0 Å². The summed E-state index contributed by atoms with van der Waals surface area (Å²) in [5, 5.41) is 0. The fraction of sp³-hybridized carbons (Fsp3) is 0.125. The molecule has 22 heavy (non-hydrogen) atoms. The minimum absolute atomic E-state index is 0.117. The van der Waals surface area contributed by atoms with Gasteiger partial charge in [0.1, 0.15) is 23.0 Å². The van der Waals surface area contributed by atoms with Crippen LogP contribution >= 0.6 is 0 Å². The van der Waals surface area contributed by atoms with Gasteiger partial charge in [-0.15, -0.1) is 0 Å². The third-order valence-electron chi connectivity index (χ3n) is 2.69. The molecule has 0 bridgehead atoms. The molecule has 0 saturated carbocycles. The fourth-order valence-corrected chi connectivity index (χ4v) is 1.57. The molecule has 0 N–H and O–H groups in total. The van der Waals surface area contributed by atoms with Crippen LogP contribution in [0.25, 0.3) is 0 Å². The summed E-state index contributed by atoms with van der Waals surface area (Å²) in [4.78, 5) is 0. The largest absolute Gasteiger partial charge is 0.497 e. The quantitative estimate of drug-likeness (QED) is 0.748. The lowest BCUT2D eigenvalue weighted by molar-refractivity contribution is 0.203. The molecular formula is C16H14F2O4. The van der Waals surface area contributed by atoms with Crippen molar-refractivity contribution >= 4 is 0 Å². The Bertz CT molecular complexity index is 579. The Morgan fingerprint density at radius 2 is 0.864 bits per heavy atom. The zero-order valence-electron chi connectivity index (χ0n) is 12.0. The summed E-state index contributed by atoms with van der Waals surface area (Å²) in [7, 11) is 3.00. The van der Waals surface area contributed by atoms with Gasteiger partial charge in [-0.05, 0) is 48.5 Å². The first-order valence-electron chi connectivity index (χ1n) is 6.31. The Morgan fingerprint density at radius 3 is 1.14 bits per heavy atom. The molecule has 0 spiro atoms. The molecule has 0 unspecified atom stereocenters. The van der Waals surface area contributed by atoms with Crippen molar-refractivity contribution in [1.29, 1.82) is 0 Å². The molecule has 0 aromatic heterocycles. The molecule has 0 atom stereocenters. The molecule has 2 aromatic rings. The summed E-state index contributed by atoms with van der Waals surface area (Å²) in [6.45, 7) is 0. The highest BCUT2D eigenvalue weighted by Crippen LogP contribution is 2.24. The predicted molar refractivity (Wildman–Crippen MR) is 76.5 cm³/mol. The lowest BCUT2D eigenvalue weighted by Gasteiger charge is -2.07. The van der Waals surface area contributed by atoms with E-state index in [0.29, 0.717) is 11.5 Å². The monoisotopic (exact) mass is 308 g/mol. The number of hydrogen-bond donors (Lipinski definition) is 0. The number of benzene rings is 2. The van der Waals surface area contributed by atoms with E-state index in [2.05, 4.69) is 0 Å². The maximum absolute atomic E-state index is 13.6. The SMILES string of the molecule is COc1ccc(O/C(F)=C(/F)Oc2ccc(OC)cc2)cc1. The third kappa shape index (κ3) is 4.12. The van der Waals surface area contributed by atoms with Crippen LogP contribution in [0.3, 0.4) is 0 Å². The van der Waals surface area contributed by atoms with Gasteiger partial charge in [0.25, 0.3) is 0 Å². The number of ether oxygens (including phenoxy) is 4. The Labute approximate surface area is 126 Å². The molecule has 0 amide bonds. The van der Waals surface area contributed by atoms with Crippen LogP contribution in [-0.4, -0.2) is 14.2 Å². The first kappa shape index (κ1) is 15.6. The Hall–Kier alpha value is -2.76. The highest BCUT2D eigenvalue weighted by Gasteiger charge is 2.12. The zero-order chi connectivity index (χ0) is 15.9. The van der Waals surface area contributed by atoms with Gasteiger partial charge in [0.15, 0.2) is 0 Å². The molecule has 4 nitrogen and oxygen atoms in total. The van der Waals surface area contributed by atoms with Crippen LogP contribution in [0.2, 0.25) is 0 Å². The van der Waals surface area contributed by atoms with Crippen LogP contribution in [0.1, 0.15) is 0 Å². The third-order valence-corrected chi connectivity index (χ3v) is 2.69. The number of hydrogen-bond acceptors (Lipinski definition) is 4. The maximum atomic E-state index is 13.6. The minimum atomic E-state index is -1.47. The summed E-state index contributed by atoms with van der Waals surface area (Å²) in [6, 6.07) is 9.07. The second-order valence-corrected chi connectivity index (χ2v) is 4.10. The zero-order valence-corrected chi connectivity index (χ0v) is 12.0. The number of halogens is 2. The van der Waals surface area contributed by atoms with Crippen molar-refractivity contribution in [2.45, 2.75) is 0 Å². The highest BCUT2D eigenvalue weighted by molar-refractivity contribution is 5.33. The van der Waals surface area contributed by atoms with Crippen molar-refractivity contribution in [2.24, 2.45) is 0 Å². The second-order valence-electron chi connectivity index (χ2n) is 4.10. The van der Waals surface area contributed by atoms with Crippen molar-refractivity contribution in [1.82, 2.24) is 0 Å². The van der Waals surface area contributed by atoms with E-state index in [0.717, 1.165) is 0 Å². The van der Waals surface area contributed by atoms with Gasteiger partial charge < -0.3 is 18.9 Å². The van der Waals surface area contributed by atoms with Crippen LogP contribution < -0.4 is 18.9 Å². The average Bonchev–Trinajstić information content (AvgIpc) is 2.56. The van der Waals surface area contributed by atoms with Gasteiger partial charge in [-0.25, -0.2) is 0 Å². The summed E-state index contributed by atoms with van der Waals surface area (Å²) in [5.74, 6) is 1.39. The van der Waals surface area contributed by atoms with Crippen LogP contribution in [0.15, 0.2) is 60.6 Å². The van der Waals surface area contributed by atoms with Crippen molar-refractivity contribution in [3.63, 3.8) is 0 Å². The standard InChI is InChI=1S/C16H14F2O4/c1-19-11-3-7-13(8-4-11)21-15(17)16(18)22-14-9-5-12(20-2)6-10-14/h3-10H,1-2H3/b16-15-. The first-order chi connectivity index (χ1) is 10.6. The molecule has 0 aliphatic carbocycles. The van der Waals surface area contributed by atoms with E-state index >= 15 is 0 Å². The Kier molecular flexibility index (Phi) is 5.19. The van der Waals surface area contributed by atoms with Crippen LogP contribution in [0.4, 0.5) is 8.78 Å². The smallest absolute Gasteiger partial charge is 0.352 e. The molecule has 2 rings (SSSR count). The highest BCUT2D eigenvalue weighted by atomic mass is 19.2. The molecule has 6 heteroatoms. The summed E-state index contributed by atoms with van der Waals surface area (Å²) < 4.78 is 46.5. The molecule has 0 radical (unpaired) electrons. The second kappa shape index (κ2) is 7.31. The topological polar surface area (TPSA) is 36.9 Å². The van der Waals surface area contributed by atoms with E-state index in [1.165, 1.54) is 38.5 Å². The molecule has 0 saturated heterocycles. The fourth-order valence-electron chi connectivity index (χ4n) is 1.57. The van der Waals surface area contributed by atoms with E-state index < -0.39 is 12.0 Å². The molecular weight excluding hydrogens is 294 g/mol. The first-order valence-corrected chi connectivity index (χ1v) is 6.31. The van der Waals surface area contributed by atoms with Gasteiger partial charge in [-0.3, -0.25) is 0 Å². The Morgan fingerprint density at radius 1 is 0.591 bits per heavy atom. The van der Waals surface area contributed by atoms with Gasteiger partial charge >= 0.3 is 12.0 Å². The van der Waals surface area contributed by atoms with E-state index in [4.69, 9.17) is 18.9 Å². The predicted octanol–water partition coefficient (Wildman–Crippen LogP) is 4.23. The molecule has 0 aliphatic heterocycles. The van der Waals surface area contributed by atoms with Crippen LogP contribution in [-0.2, 0) is 0 Å².